The molecule has 0 aliphatic rings. The van der Waals surface area contributed by atoms with Crippen molar-refractivity contribution in [3.05, 3.63) is 0 Å². The molecule has 0 aliphatic heterocycles. The van der Waals surface area contributed by atoms with Crippen LogP contribution in [0.2, 0.25) is 0 Å². The number of hydrogen-bond acceptors (Lipinski definition) is 1. The second kappa shape index (κ2) is 13.2. The first-order valence-corrected chi connectivity index (χ1v) is 11.0. The summed E-state index contributed by atoms with van der Waals surface area (Å²) in [6.45, 7) is 13.6. The minimum Gasteiger partial charge on any atom is -0.389 e. The van der Waals surface area contributed by atoms with Gasteiger partial charge in [0.15, 0.2) is 0 Å². The highest BCUT2D eigenvalue weighted by molar-refractivity contribution is 4.95. The maximum Gasteiger partial charge on any atom is 0.0700 e. The Hall–Kier alpha value is -0.0400. The Labute approximate surface area is 154 Å². The van der Waals surface area contributed by atoms with Crippen LogP contribution in [0.1, 0.15) is 131 Å². The lowest BCUT2D eigenvalue weighted by Crippen LogP contribution is -2.47. The maximum atomic E-state index is 11.5. The molecule has 1 nitrogen and oxygen atoms in total. The van der Waals surface area contributed by atoms with E-state index in [2.05, 4.69) is 41.5 Å². The predicted octanol–water partition coefficient (Wildman–Crippen LogP) is 7.90. The van der Waals surface area contributed by atoms with Crippen molar-refractivity contribution in [3.8, 4) is 0 Å². The largest absolute Gasteiger partial charge is 0.389 e. The molecule has 0 spiro atoms. The number of rotatable bonds is 16. The normalized spacial score (nSPS) is 13.0. The lowest BCUT2D eigenvalue weighted by Gasteiger charge is -2.46. The summed E-state index contributed by atoms with van der Waals surface area (Å²) < 4.78 is 0. The molecule has 0 atom stereocenters. The van der Waals surface area contributed by atoms with Gasteiger partial charge in [0.2, 0.25) is 0 Å². The molecule has 1 heteroatoms. The molecular formula is C23H48O. The Bertz CT molecular complexity index is 264. The first-order chi connectivity index (χ1) is 11.3. The Morgan fingerprint density at radius 3 is 1.29 bits per heavy atom. The van der Waals surface area contributed by atoms with Crippen molar-refractivity contribution in [2.45, 2.75) is 137 Å². The predicted molar refractivity (Wildman–Crippen MR) is 110 cm³/mol. The first kappa shape index (κ1) is 24.0. The molecule has 0 fully saturated rings. The number of unbranched alkanes of at least 4 members (excludes halogenated alkanes) is 10. The van der Waals surface area contributed by atoms with Crippen molar-refractivity contribution >= 4 is 0 Å². The van der Waals surface area contributed by atoms with Gasteiger partial charge in [0, 0.05) is 0 Å². The van der Waals surface area contributed by atoms with Crippen LogP contribution >= 0.6 is 0 Å². The molecule has 0 radical (unpaired) electrons. The van der Waals surface area contributed by atoms with Crippen LogP contribution < -0.4 is 0 Å². The standard InChI is InChI=1S/C23H48O/c1-7-9-11-13-15-17-19-23(24,22(5,6)21(3)4)20-18-16-14-12-10-8-2/h21,24H,7-20H2,1-6H3. The van der Waals surface area contributed by atoms with E-state index in [-0.39, 0.29) is 5.41 Å². The molecule has 1 N–H and O–H groups in total. The van der Waals surface area contributed by atoms with E-state index in [1.807, 2.05) is 0 Å². The first-order valence-electron chi connectivity index (χ1n) is 11.0. The van der Waals surface area contributed by atoms with E-state index in [1.165, 1.54) is 77.0 Å². The van der Waals surface area contributed by atoms with Crippen molar-refractivity contribution < 1.29 is 5.11 Å². The molecule has 146 valence electrons. The molecule has 0 heterocycles. The molecule has 0 bridgehead atoms. The lowest BCUT2D eigenvalue weighted by molar-refractivity contribution is -0.105. The van der Waals surface area contributed by atoms with Gasteiger partial charge in [0.1, 0.15) is 0 Å². The molecule has 0 unspecified atom stereocenters. The van der Waals surface area contributed by atoms with E-state index in [0.717, 1.165) is 12.8 Å². The van der Waals surface area contributed by atoms with Gasteiger partial charge in [-0.05, 0) is 24.2 Å². The molecule has 0 rings (SSSR count). The highest BCUT2D eigenvalue weighted by Crippen LogP contribution is 2.44. The topological polar surface area (TPSA) is 20.2 Å². The second-order valence-electron chi connectivity index (χ2n) is 8.94. The molecule has 0 aromatic carbocycles. The Kier molecular flexibility index (Phi) is 13.2. The van der Waals surface area contributed by atoms with Gasteiger partial charge < -0.3 is 5.11 Å². The van der Waals surface area contributed by atoms with Gasteiger partial charge in [-0.25, -0.2) is 0 Å². The zero-order valence-corrected chi connectivity index (χ0v) is 17.9. The number of hydrogen-bond donors (Lipinski definition) is 1. The Morgan fingerprint density at radius 1 is 0.625 bits per heavy atom. The fourth-order valence-electron chi connectivity index (χ4n) is 3.70. The minimum atomic E-state index is -0.489. The van der Waals surface area contributed by atoms with E-state index in [4.69, 9.17) is 0 Å². The van der Waals surface area contributed by atoms with Crippen molar-refractivity contribution in [3.63, 3.8) is 0 Å². The molecule has 0 aliphatic carbocycles. The SMILES string of the molecule is CCCCCCCCC(O)(CCCCCCCC)C(C)(C)C(C)C. The summed E-state index contributed by atoms with van der Waals surface area (Å²) in [5.74, 6) is 0.516. The quantitative estimate of drug-likeness (QED) is 0.283. The van der Waals surface area contributed by atoms with Gasteiger partial charge in [-0.2, -0.15) is 0 Å². The molecular weight excluding hydrogens is 292 g/mol. The summed E-state index contributed by atoms with van der Waals surface area (Å²) in [5, 5.41) is 11.5. The van der Waals surface area contributed by atoms with E-state index in [9.17, 15) is 5.11 Å². The smallest absolute Gasteiger partial charge is 0.0700 e. The molecule has 0 aromatic rings. The summed E-state index contributed by atoms with van der Waals surface area (Å²) in [5.41, 5.74) is -0.490. The zero-order valence-electron chi connectivity index (χ0n) is 17.9. The van der Waals surface area contributed by atoms with Gasteiger partial charge in [0.25, 0.3) is 0 Å². The Balaban J connectivity index is 4.40. The van der Waals surface area contributed by atoms with Gasteiger partial charge >= 0.3 is 0 Å². The highest BCUT2D eigenvalue weighted by Gasteiger charge is 2.44. The fraction of sp³-hybridized carbons (Fsp3) is 1.00. The van der Waals surface area contributed by atoms with Gasteiger partial charge in [0.05, 0.1) is 5.60 Å². The fourth-order valence-corrected chi connectivity index (χ4v) is 3.70. The average Bonchev–Trinajstić information content (AvgIpc) is 2.53. The monoisotopic (exact) mass is 340 g/mol. The van der Waals surface area contributed by atoms with Crippen LogP contribution in [0.25, 0.3) is 0 Å². The summed E-state index contributed by atoms with van der Waals surface area (Å²) in [4.78, 5) is 0. The van der Waals surface area contributed by atoms with Gasteiger partial charge in [-0.1, -0.05) is 119 Å². The van der Waals surface area contributed by atoms with Crippen molar-refractivity contribution in [2.75, 3.05) is 0 Å². The van der Waals surface area contributed by atoms with Crippen molar-refractivity contribution in [1.29, 1.82) is 0 Å². The third-order valence-corrected chi connectivity index (χ3v) is 6.53. The molecule has 0 saturated heterocycles. The van der Waals surface area contributed by atoms with E-state index < -0.39 is 5.60 Å². The van der Waals surface area contributed by atoms with Crippen LogP contribution in [-0.2, 0) is 0 Å². The maximum absolute atomic E-state index is 11.5. The summed E-state index contributed by atoms with van der Waals surface area (Å²) >= 11 is 0. The third-order valence-electron chi connectivity index (χ3n) is 6.53. The van der Waals surface area contributed by atoms with E-state index >= 15 is 0 Å². The molecule has 0 aromatic heterocycles. The van der Waals surface area contributed by atoms with Crippen LogP contribution in [0, 0.1) is 11.3 Å². The van der Waals surface area contributed by atoms with Crippen LogP contribution in [-0.4, -0.2) is 10.7 Å². The highest BCUT2D eigenvalue weighted by atomic mass is 16.3. The molecule has 0 amide bonds. The summed E-state index contributed by atoms with van der Waals surface area (Å²) in [6.07, 6.45) is 17.6. The van der Waals surface area contributed by atoms with E-state index in [0.29, 0.717) is 5.92 Å². The van der Waals surface area contributed by atoms with Crippen LogP contribution in [0.3, 0.4) is 0 Å². The van der Waals surface area contributed by atoms with Gasteiger partial charge in [-0.3, -0.25) is 0 Å². The average molecular weight is 341 g/mol. The number of aliphatic hydroxyl groups is 1. The minimum absolute atomic E-state index is 0.000162. The zero-order chi connectivity index (χ0) is 18.5. The molecule has 0 saturated carbocycles. The summed E-state index contributed by atoms with van der Waals surface area (Å²) in [6, 6.07) is 0. The van der Waals surface area contributed by atoms with E-state index in [1.54, 1.807) is 0 Å². The summed E-state index contributed by atoms with van der Waals surface area (Å²) in [7, 11) is 0. The van der Waals surface area contributed by atoms with Crippen molar-refractivity contribution in [2.24, 2.45) is 11.3 Å². The second-order valence-corrected chi connectivity index (χ2v) is 8.94. The molecule has 24 heavy (non-hydrogen) atoms. The van der Waals surface area contributed by atoms with Crippen molar-refractivity contribution in [1.82, 2.24) is 0 Å². The Morgan fingerprint density at radius 2 is 0.958 bits per heavy atom. The van der Waals surface area contributed by atoms with Gasteiger partial charge in [-0.15, -0.1) is 0 Å². The van der Waals surface area contributed by atoms with Crippen LogP contribution in [0.15, 0.2) is 0 Å². The lowest BCUT2D eigenvalue weighted by atomic mass is 9.63. The van der Waals surface area contributed by atoms with Crippen LogP contribution in [0.5, 0.6) is 0 Å². The van der Waals surface area contributed by atoms with Crippen LogP contribution in [0.4, 0.5) is 0 Å². The third kappa shape index (κ3) is 8.88.